The van der Waals surface area contributed by atoms with Crippen molar-refractivity contribution < 1.29 is 9.90 Å². The van der Waals surface area contributed by atoms with E-state index in [1.807, 2.05) is 24.3 Å². The van der Waals surface area contributed by atoms with Crippen molar-refractivity contribution in [3.8, 4) is 0 Å². The van der Waals surface area contributed by atoms with Gasteiger partial charge < -0.3 is 15.7 Å². The second-order valence-electron chi connectivity index (χ2n) is 5.18. The lowest BCUT2D eigenvalue weighted by atomic mass is 9.99. The summed E-state index contributed by atoms with van der Waals surface area (Å²) in [5.41, 5.74) is 2.09. The van der Waals surface area contributed by atoms with Gasteiger partial charge >= 0.3 is 5.97 Å². The fourth-order valence-corrected chi connectivity index (χ4v) is 2.34. The highest BCUT2D eigenvalue weighted by Gasteiger charge is 2.27. The second kappa shape index (κ2) is 5.50. The molecule has 18 heavy (non-hydrogen) atoms. The van der Waals surface area contributed by atoms with Crippen molar-refractivity contribution in [3.63, 3.8) is 0 Å². The van der Waals surface area contributed by atoms with Gasteiger partial charge in [-0.05, 0) is 31.0 Å². The Morgan fingerprint density at radius 2 is 2.17 bits per heavy atom. The van der Waals surface area contributed by atoms with Gasteiger partial charge in [-0.15, -0.1) is 0 Å². The summed E-state index contributed by atoms with van der Waals surface area (Å²) in [4.78, 5) is 10.8. The van der Waals surface area contributed by atoms with E-state index in [-0.39, 0.29) is 12.0 Å². The van der Waals surface area contributed by atoms with E-state index in [1.54, 1.807) is 0 Å². The van der Waals surface area contributed by atoms with Crippen molar-refractivity contribution in [1.82, 2.24) is 10.6 Å². The Bertz CT molecular complexity index is 426. The Morgan fingerprint density at radius 1 is 1.44 bits per heavy atom. The predicted molar refractivity (Wildman–Crippen MR) is 70.5 cm³/mol. The molecule has 1 aliphatic rings. The molecule has 4 heteroatoms. The van der Waals surface area contributed by atoms with E-state index in [0.717, 1.165) is 37.2 Å². The summed E-state index contributed by atoms with van der Waals surface area (Å²) in [6.07, 6.45) is 1.20. The molecule has 1 unspecified atom stereocenters. The third-order valence-electron chi connectivity index (χ3n) is 3.53. The summed E-state index contributed by atoms with van der Waals surface area (Å²) in [7, 11) is 0. The molecule has 0 radical (unpaired) electrons. The molecule has 4 nitrogen and oxygen atoms in total. The number of benzene rings is 1. The van der Waals surface area contributed by atoms with E-state index >= 15 is 0 Å². The van der Waals surface area contributed by atoms with Gasteiger partial charge in [0.15, 0.2) is 0 Å². The minimum absolute atomic E-state index is 0.0901. The maximum atomic E-state index is 10.8. The highest BCUT2D eigenvalue weighted by Crippen LogP contribution is 2.16. The van der Waals surface area contributed by atoms with Crippen molar-refractivity contribution in [2.45, 2.75) is 31.8 Å². The highest BCUT2D eigenvalue weighted by molar-refractivity contribution is 5.70. The summed E-state index contributed by atoms with van der Waals surface area (Å²) in [6, 6.07) is 7.73. The van der Waals surface area contributed by atoms with Crippen LogP contribution >= 0.6 is 0 Å². The molecular weight excluding hydrogens is 228 g/mol. The van der Waals surface area contributed by atoms with Gasteiger partial charge in [0.05, 0.1) is 6.42 Å². The van der Waals surface area contributed by atoms with Crippen LogP contribution < -0.4 is 10.6 Å². The fraction of sp³-hybridized carbons (Fsp3) is 0.500. The maximum Gasteiger partial charge on any atom is 0.307 e. The minimum Gasteiger partial charge on any atom is -0.481 e. The standard InChI is InChI=1S/C14H20N2O2/c1-14(6-7-15-10-14)16-9-12-5-3-2-4-11(12)8-13(17)18/h2-5,15-16H,6-10H2,1H3,(H,17,18). The smallest absolute Gasteiger partial charge is 0.307 e. The molecule has 1 saturated heterocycles. The zero-order chi connectivity index (χ0) is 13.0. The minimum atomic E-state index is -0.781. The van der Waals surface area contributed by atoms with Gasteiger partial charge in [0.1, 0.15) is 0 Å². The Kier molecular flexibility index (Phi) is 3.99. The maximum absolute atomic E-state index is 10.8. The van der Waals surface area contributed by atoms with E-state index in [0.29, 0.717) is 0 Å². The average molecular weight is 248 g/mol. The summed E-state index contributed by atoms with van der Waals surface area (Å²) in [5, 5.41) is 15.8. The molecule has 0 saturated carbocycles. The van der Waals surface area contributed by atoms with Crippen molar-refractivity contribution in [3.05, 3.63) is 35.4 Å². The van der Waals surface area contributed by atoms with Crippen molar-refractivity contribution in [1.29, 1.82) is 0 Å². The van der Waals surface area contributed by atoms with Gasteiger partial charge in [-0.1, -0.05) is 24.3 Å². The summed E-state index contributed by atoms with van der Waals surface area (Å²) in [6.45, 7) is 4.93. The largest absolute Gasteiger partial charge is 0.481 e. The molecule has 3 N–H and O–H groups in total. The molecular formula is C14H20N2O2. The first-order valence-electron chi connectivity index (χ1n) is 6.33. The van der Waals surface area contributed by atoms with E-state index < -0.39 is 5.97 Å². The molecule has 0 aromatic heterocycles. The molecule has 0 aliphatic carbocycles. The first kappa shape index (κ1) is 13.1. The number of hydrogen-bond donors (Lipinski definition) is 3. The van der Waals surface area contributed by atoms with Crippen LogP contribution in [0.2, 0.25) is 0 Å². The van der Waals surface area contributed by atoms with Crippen molar-refractivity contribution >= 4 is 5.97 Å². The number of carboxylic acids is 1. The zero-order valence-corrected chi connectivity index (χ0v) is 10.7. The van der Waals surface area contributed by atoms with Crippen LogP contribution in [0.5, 0.6) is 0 Å². The SMILES string of the molecule is CC1(NCc2ccccc2CC(=O)O)CCNC1. The molecule has 1 atom stereocenters. The molecule has 98 valence electrons. The van der Waals surface area contributed by atoms with E-state index in [9.17, 15) is 4.79 Å². The molecule has 2 rings (SSSR count). The number of rotatable bonds is 5. The van der Waals surface area contributed by atoms with Crippen LogP contribution in [-0.2, 0) is 17.8 Å². The van der Waals surface area contributed by atoms with E-state index in [2.05, 4.69) is 17.6 Å². The van der Waals surface area contributed by atoms with Crippen molar-refractivity contribution in [2.75, 3.05) is 13.1 Å². The quantitative estimate of drug-likeness (QED) is 0.731. The number of carbonyl (C=O) groups is 1. The van der Waals surface area contributed by atoms with Crippen LogP contribution in [0.15, 0.2) is 24.3 Å². The number of aliphatic carboxylic acids is 1. The van der Waals surface area contributed by atoms with Crippen LogP contribution in [-0.4, -0.2) is 29.7 Å². The molecule has 1 fully saturated rings. The molecule has 0 spiro atoms. The average Bonchev–Trinajstić information content (AvgIpc) is 2.75. The lowest BCUT2D eigenvalue weighted by Crippen LogP contribution is -2.43. The molecule has 0 amide bonds. The third-order valence-corrected chi connectivity index (χ3v) is 3.53. The van der Waals surface area contributed by atoms with Crippen LogP contribution in [0.4, 0.5) is 0 Å². The number of hydrogen-bond acceptors (Lipinski definition) is 3. The highest BCUT2D eigenvalue weighted by atomic mass is 16.4. The van der Waals surface area contributed by atoms with E-state index in [4.69, 9.17) is 5.11 Å². The number of carboxylic acid groups (broad SMARTS) is 1. The van der Waals surface area contributed by atoms with E-state index in [1.165, 1.54) is 0 Å². The molecule has 1 aliphatic heterocycles. The van der Waals surface area contributed by atoms with Gasteiger partial charge in [-0.2, -0.15) is 0 Å². The van der Waals surface area contributed by atoms with Crippen LogP contribution in [0, 0.1) is 0 Å². The van der Waals surface area contributed by atoms with Crippen LogP contribution in [0.25, 0.3) is 0 Å². The fourth-order valence-electron chi connectivity index (χ4n) is 2.34. The second-order valence-corrected chi connectivity index (χ2v) is 5.18. The lowest BCUT2D eigenvalue weighted by molar-refractivity contribution is -0.136. The summed E-state index contributed by atoms with van der Waals surface area (Å²) < 4.78 is 0. The summed E-state index contributed by atoms with van der Waals surface area (Å²) >= 11 is 0. The zero-order valence-electron chi connectivity index (χ0n) is 10.7. The van der Waals surface area contributed by atoms with Gasteiger partial charge in [0, 0.05) is 18.6 Å². The van der Waals surface area contributed by atoms with Gasteiger partial charge in [0.25, 0.3) is 0 Å². The van der Waals surface area contributed by atoms with Crippen LogP contribution in [0.3, 0.4) is 0 Å². The molecule has 1 aromatic rings. The van der Waals surface area contributed by atoms with Gasteiger partial charge in [0.2, 0.25) is 0 Å². The summed E-state index contributed by atoms with van der Waals surface area (Å²) in [5.74, 6) is -0.781. The topological polar surface area (TPSA) is 61.4 Å². The lowest BCUT2D eigenvalue weighted by Gasteiger charge is -2.25. The predicted octanol–water partition coefficient (Wildman–Crippen LogP) is 1.16. The Balaban J connectivity index is 2.02. The first-order valence-corrected chi connectivity index (χ1v) is 6.33. The molecule has 1 heterocycles. The van der Waals surface area contributed by atoms with Crippen molar-refractivity contribution in [2.24, 2.45) is 0 Å². The Hall–Kier alpha value is -1.39. The monoisotopic (exact) mass is 248 g/mol. The molecule has 1 aromatic carbocycles. The van der Waals surface area contributed by atoms with Gasteiger partial charge in [-0.25, -0.2) is 0 Å². The Labute approximate surface area is 107 Å². The number of nitrogens with one attached hydrogen (secondary N) is 2. The van der Waals surface area contributed by atoms with Gasteiger partial charge in [-0.3, -0.25) is 4.79 Å². The molecule has 0 bridgehead atoms. The van der Waals surface area contributed by atoms with Crippen LogP contribution in [0.1, 0.15) is 24.5 Å². The first-order chi connectivity index (χ1) is 8.59. The normalized spacial score (nSPS) is 23.2. The Morgan fingerprint density at radius 3 is 2.78 bits per heavy atom. The third kappa shape index (κ3) is 3.31.